The molecular formula is C36H26N8. The molecule has 0 radical (unpaired) electrons. The van der Waals surface area contributed by atoms with Crippen molar-refractivity contribution in [3.8, 4) is 45.6 Å². The van der Waals surface area contributed by atoms with Gasteiger partial charge in [0.1, 0.15) is 22.6 Å². The van der Waals surface area contributed by atoms with E-state index in [0.29, 0.717) is 34.6 Å². The molecule has 0 atom stereocenters. The molecule has 3 aromatic heterocycles. The average Bonchev–Trinajstić information content (AvgIpc) is 3.75. The minimum atomic E-state index is -0.357. The van der Waals surface area contributed by atoms with Crippen molar-refractivity contribution in [2.75, 3.05) is 0 Å². The Hall–Kier alpha value is -5.76. The zero-order valence-electron chi connectivity index (χ0n) is 24.4. The van der Waals surface area contributed by atoms with Crippen LogP contribution < -0.4 is 0 Å². The average molecular weight is 571 g/mol. The van der Waals surface area contributed by atoms with Crippen molar-refractivity contribution < 1.29 is 0 Å². The van der Waals surface area contributed by atoms with Crippen molar-refractivity contribution in [3.05, 3.63) is 97.1 Å². The third kappa shape index (κ3) is 3.57. The Balaban J connectivity index is 1.56. The van der Waals surface area contributed by atoms with E-state index in [-0.39, 0.29) is 5.54 Å². The number of aromatic nitrogens is 8. The molecule has 210 valence electrons. The van der Waals surface area contributed by atoms with Crippen molar-refractivity contribution in [2.24, 2.45) is 0 Å². The van der Waals surface area contributed by atoms with Gasteiger partial charge in [0.15, 0.2) is 23.3 Å². The highest BCUT2D eigenvalue weighted by Gasteiger charge is 2.26. The van der Waals surface area contributed by atoms with Gasteiger partial charge in [0, 0.05) is 49.3 Å². The lowest BCUT2D eigenvalue weighted by molar-refractivity contribution is 0.419. The summed E-state index contributed by atoms with van der Waals surface area (Å²) >= 11 is 0. The first-order chi connectivity index (χ1) is 21.4. The fraction of sp³-hybridized carbons (Fsp3) is 0.111. The van der Waals surface area contributed by atoms with Crippen LogP contribution in [-0.4, -0.2) is 39.5 Å². The third-order valence-electron chi connectivity index (χ3n) is 8.28. The maximum absolute atomic E-state index is 5.30. The number of benzene rings is 4. The monoisotopic (exact) mass is 570 g/mol. The van der Waals surface area contributed by atoms with E-state index in [4.69, 9.17) is 29.9 Å². The first kappa shape index (κ1) is 24.8. The van der Waals surface area contributed by atoms with Gasteiger partial charge in [-0.15, -0.1) is 0 Å². The fourth-order valence-electron chi connectivity index (χ4n) is 6.33. The van der Waals surface area contributed by atoms with Crippen molar-refractivity contribution in [1.82, 2.24) is 39.5 Å². The van der Waals surface area contributed by atoms with E-state index < -0.39 is 0 Å². The van der Waals surface area contributed by atoms with Gasteiger partial charge < -0.3 is 9.55 Å². The van der Waals surface area contributed by atoms with E-state index >= 15 is 0 Å². The summed E-state index contributed by atoms with van der Waals surface area (Å²) in [5.41, 5.74) is 6.35. The first-order valence-electron chi connectivity index (χ1n) is 14.7. The number of H-pyrrole nitrogens is 1. The van der Waals surface area contributed by atoms with Crippen LogP contribution in [0.25, 0.3) is 89.7 Å². The Morgan fingerprint density at radius 1 is 0.432 bits per heavy atom. The number of aromatic amines is 1. The number of nitrogens with one attached hydrogen (secondary N) is 1. The van der Waals surface area contributed by atoms with E-state index in [1.165, 1.54) is 0 Å². The van der Waals surface area contributed by atoms with Crippen LogP contribution in [0.15, 0.2) is 97.1 Å². The fourth-order valence-corrected chi connectivity index (χ4v) is 6.33. The number of rotatable bonds is 0. The van der Waals surface area contributed by atoms with Crippen molar-refractivity contribution >= 4 is 44.1 Å². The summed E-state index contributed by atoms with van der Waals surface area (Å²) in [6, 6.07) is 32.7. The summed E-state index contributed by atoms with van der Waals surface area (Å²) in [6.07, 6.45) is 0. The molecule has 8 bridgehead atoms. The van der Waals surface area contributed by atoms with E-state index in [0.717, 1.165) is 55.1 Å². The van der Waals surface area contributed by atoms with Crippen molar-refractivity contribution in [2.45, 2.75) is 26.3 Å². The smallest absolute Gasteiger partial charge is 0.164 e. The lowest BCUT2D eigenvalue weighted by Gasteiger charge is -2.22. The van der Waals surface area contributed by atoms with E-state index in [9.17, 15) is 0 Å². The summed E-state index contributed by atoms with van der Waals surface area (Å²) < 4.78 is 2.20. The van der Waals surface area contributed by atoms with Crippen molar-refractivity contribution in [3.63, 3.8) is 0 Å². The lowest BCUT2D eigenvalue weighted by Crippen LogP contribution is -2.22. The molecule has 9 rings (SSSR count). The molecule has 2 aliphatic heterocycles. The van der Waals surface area contributed by atoms with Gasteiger partial charge in [-0.1, -0.05) is 97.1 Å². The van der Waals surface area contributed by atoms with Gasteiger partial charge in [0.25, 0.3) is 0 Å². The minimum absolute atomic E-state index is 0.357. The zero-order chi connectivity index (χ0) is 29.6. The van der Waals surface area contributed by atoms with Crippen LogP contribution in [0.5, 0.6) is 0 Å². The molecule has 8 nitrogen and oxygen atoms in total. The summed E-state index contributed by atoms with van der Waals surface area (Å²) in [5.74, 6) is 2.44. The molecule has 8 heteroatoms. The molecular weight excluding hydrogens is 544 g/mol. The van der Waals surface area contributed by atoms with Crippen LogP contribution in [0.4, 0.5) is 0 Å². The first-order valence-corrected chi connectivity index (χ1v) is 14.7. The second-order valence-corrected chi connectivity index (χ2v) is 12.1. The second kappa shape index (κ2) is 8.87. The molecule has 0 saturated heterocycles. The summed E-state index contributed by atoms with van der Waals surface area (Å²) in [7, 11) is 0. The summed E-state index contributed by atoms with van der Waals surface area (Å²) in [5, 5.41) is 3.91. The Bertz CT molecular complexity index is 2330. The SMILES string of the molecule is CC(C)(C)n1c2nc3nc(nc4[nH]c(nc5nc(nc1c1ccccc12)-c1ccccc1-5)c1ccccc41)-c1ccccc1-3. The van der Waals surface area contributed by atoms with Crippen molar-refractivity contribution in [1.29, 1.82) is 0 Å². The van der Waals surface area contributed by atoms with Gasteiger partial charge in [-0.3, -0.25) is 0 Å². The van der Waals surface area contributed by atoms with Crippen LogP contribution in [0.1, 0.15) is 20.8 Å². The molecule has 4 aromatic carbocycles. The van der Waals surface area contributed by atoms with Gasteiger partial charge in [-0.05, 0) is 20.8 Å². The predicted molar refractivity (Wildman–Crippen MR) is 175 cm³/mol. The molecule has 1 N–H and O–H groups in total. The van der Waals surface area contributed by atoms with Gasteiger partial charge in [0.05, 0.1) is 0 Å². The quantitative estimate of drug-likeness (QED) is 0.198. The molecule has 5 heterocycles. The highest BCUT2D eigenvalue weighted by molar-refractivity contribution is 6.07. The van der Waals surface area contributed by atoms with Gasteiger partial charge in [-0.2, -0.15) is 0 Å². The number of fused-ring (bicyclic) bond motifs is 20. The number of hydrogen-bond acceptors (Lipinski definition) is 6. The number of hydrogen-bond donors (Lipinski definition) is 1. The Labute approximate surface area is 252 Å². The van der Waals surface area contributed by atoms with Gasteiger partial charge >= 0.3 is 0 Å². The maximum atomic E-state index is 5.30. The Morgan fingerprint density at radius 3 is 1.16 bits per heavy atom. The van der Waals surface area contributed by atoms with E-state index in [1.807, 2.05) is 60.7 Å². The maximum Gasteiger partial charge on any atom is 0.164 e. The Kier molecular flexibility index (Phi) is 5.00. The highest BCUT2D eigenvalue weighted by Crippen LogP contribution is 2.38. The molecule has 0 spiro atoms. The van der Waals surface area contributed by atoms with Crippen LogP contribution in [-0.2, 0) is 5.54 Å². The highest BCUT2D eigenvalue weighted by atomic mass is 15.2. The van der Waals surface area contributed by atoms with E-state index in [2.05, 4.69) is 66.7 Å². The van der Waals surface area contributed by atoms with Gasteiger partial charge in [0.2, 0.25) is 0 Å². The molecule has 0 fully saturated rings. The third-order valence-corrected chi connectivity index (χ3v) is 8.28. The standard InChI is InChI=1S/C36H26N8/c1-36(2,3)44-34-26-18-10-11-19-27(26)35(44)43-33-25-17-9-7-15-23(25)31(41-33)39-29-21-13-5-4-12-20(21)28(37-29)38-30-22-14-6-8-16-24(22)32(40-30)42-34/h4-19H,1-3H3,(H,37,38,39,40,41,42,43). The van der Waals surface area contributed by atoms with Crippen LogP contribution >= 0.6 is 0 Å². The summed E-state index contributed by atoms with van der Waals surface area (Å²) in [6.45, 7) is 6.51. The minimum Gasteiger partial charge on any atom is -0.324 e. The lowest BCUT2D eigenvalue weighted by atomic mass is 10.1. The topological polar surface area (TPSA) is 98.1 Å². The largest absolute Gasteiger partial charge is 0.324 e. The molecule has 0 unspecified atom stereocenters. The normalized spacial score (nSPS) is 12.4. The van der Waals surface area contributed by atoms with Gasteiger partial charge in [-0.25, -0.2) is 29.9 Å². The summed E-state index contributed by atoms with van der Waals surface area (Å²) in [4.78, 5) is 34.3. The van der Waals surface area contributed by atoms with Crippen LogP contribution in [0.2, 0.25) is 0 Å². The number of nitrogens with zero attached hydrogens (tertiary/aromatic N) is 7. The van der Waals surface area contributed by atoms with E-state index in [1.54, 1.807) is 0 Å². The molecule has 0 aliphatic carbocycles. The Morgan fingerprint density at radius 2 is 0.773 bits per heavy atom. The molecule has 2 aliphatic rings. The zero-order valence-corrected chi connectivity index (χ0v) is 24.4. The molecule has 0 amide bonds. The second-order valence-electron chi connectivity index (χ2n) is 12.1. The predicted octanol–water partition coefficient (Wildman–Crippen LogP) is 8.10. The van der Waals surface area contributed by atoms with Crippen LogP contribution in [0, 0.1) is 0 Å². The molecule has 0 saturated carbocycles. The molecule has 7 aromatic rings. The van der Waals surface area contributed by atoms with Crippen LogP contribution in [0.3, 0.4) is 0 Å². The molecule has 44 heavy (non-hydrogen) atoms.